The third kappa shape index (κ3) is 4.82. The van der Waals surface area contributed by atoms with Crippen LogP contribution in [0.4, 0.5) is 0 Å². The minimum Gasteiger partial charge on any atom is -0.497 e. The van der Waals surface area contributed by atoms with Gasteiger partial charge >= 0.3 is 0 Å². The zero-order valence-corrected chi connectivity index (χ0v) is 15.5. The Morgan fingerprint density at radius 1 is 1.00 bits per heavy atom. The molecule has 0 aliphatic carbocycles. The van der Waals surface area contributed by atoms with E-state index in [1.165, 1.54) is 6.33 Å². The van der Waals surface area contributed by atoms with Gasteiger partial charge in [-0.05, 0) is 38.1 Å². The first-order chi connectivity index (χ1) is 13.0. The van der Waals surface area contributed by atoms with Gasteiger partial charge in [-0.1, -0.05) is 18.2 Å². The molecule has 0 saturated carbocycles. The van der Waals surface area contributed by atoms with Gasteiger partial charge in [0.1, 0.15) is 17.8 Å². The summed E-state index contributed by atoms with van der Waals surface area (Å²) in [6.45, 7) is 3.85. The van der Waals surface area contributed by atoms with E-state index in [0.717, 1.165) is 5.56 Å². The number of hydrogen-bond acceptors (Lipinski definition) is 5. The summed E-state index contributed by atoms with van der Waals surface area (Å²) in [6.07, 6.45) is 1.44. The number of nitrogens with one attached hydrogen (secondary N) is 1. The van der Waals surface area contributed by atoms with E-state index in [0.29, 0.717) is 28.6 Å². The lowest BCUT2D eigenvalue weighted by atomic mass is 10.1. The predicted molar refractivity (Wildman–Crippen MR) is 103 cm³/mol. The largest absolute Gasteiger partial charge is 0.497 e. The summed E-state index contributed by atoms with van der Waals surface area (Å²) in [5, 5.41) is 2.88. The number of aromatic nitrogens is 2. The lowest BCUT2D eigenvalue weighted by Gasteiger charge is -2.10. The molecule has 1 amide bonds. The van der Waals surface area contributed by atoms with Crippen molar-refractivity contribution >= 4 is 5.91 Å². The predicted octanol–water partition coefficient (Wildman–Crippen LogP) is 4.08. The molecular weight excluding hydrogens is 342 g/mol. The molecule has 0 unspecified atom stereocenters. The molecule has 0 aliphatic heterocycles. The first-order valence-corrected chi connectivity index (χ1v) is 8.60. The molecule has 0 aliphatic rings. The van der Waals surface area contributed by atoms with Crippen molar-refractivity contribution in [2.75, 3.05) is 7.11 Å². The Kier molecular flexibility index (Phi) is 5.66. The number of carbonyl (C=O) groups is 1. The normalized spacial score (nSPS) is 10.5. The van der Waals surface area contributed by atoms with Crippen molar-refractivity contribution in [3.05, 3.63) is 66.5 Å². The van der Waals surface area contributed by atoms with Crippen LogP contribution in [0.2, 0.25) is 0 Å². The molecule has 6 nitrogen and oxygen atoms in total. The number of nitrogens with zero attached hydrogens (tertiary/aromatic N) is 2. The van der Waals surface area contributed by atoms with E-state index >= 15 is 0 Å². The Balaban J connectivity index is 1.84. The topological polar surface area (TPSA) is 73.3 Å². The highest BCUT2D eigenvalue weighted by Crippen LogP contribution is 2.26. The van der Waals surface area contributed by atoms with Crippen LogP contribution in [-0.2, 0) is 0 Å². The highest BCUT2D eigenvalue weighted by atomic mass is 16.5. The van der Waals surface area contributed by atoms with Gasteiger partial charge in [0.05, 0.1) is 12.8 Å². The molecule has 1 heterocycles. The Bertz CT molecular complexity index is 941. The molecule has 27 heavy (non-hydrogen) atoms. The fourth-order valence-corrected chi connectivity index (χ4v) is 2.50. The van der Waals surface area contributed by atoms with Crippen LogP contribution in [0, 0.1) is 0 Å². The van der Waals surface area contributed by atoms with E-state index in [9.17, 15) is 4.79 Å². The fraction of sp³-hybridized carbons (Fsp3) is 0.190. The van der Waals surface area contributed by atoms with Gasteiger partial charge in [-0.15, -0.1) is 0 Å². The number of amides is 1. The molecule has 1 aromatic heterocycles. The zero-order chi connectivity index (χ0) is 19.2. The van der Waals surface area contributed by atoms with Crippen molar-refractivity contribution in [1.29, 1.82) is 0 Å². The zero-order valence-electron chi connectivity index (χ0n) is 15.5. The Morgan fingerprint density at radius 2 is 1.78 bits per heavy atom. The summed E-state index contributed by atoms with van der Waals surface area (Å²) in [7, 11) is 1.60. The summed E-state index contributed by atoms with van der Waals surface area (Å²) >= 11 is 0. The van der Waals surface area contributed by atoms with E-state index in [-0.39, 0.29) is 11.9 Å². The van der Waals surface area contributed by atoms with Crippen molar-refractivity contribution in [2.24, 2.45) is 0 Å². The highest BCUT2D eigenvalue weighted by Gasteiger charge is 2.10. The lowest BCUT2D eigenvalue weighted by Crippen LogP contribution is -2.30. The minimum atomic E-state index is -0.117. The van der Waals surface area contributed by atoms with Crippen LogP contribution in [0.25, 0.3) is 11.3 Å². The number of methoxy groups -OCH3 is 1. The van der Waals surface area contributed by atoms with E-state index in [1.807, 2.05) is 44.2 Å². The van der Waals surface area contributed by atoms with Crippen LogP contribution in [0.15, 0.2) is 60.9 Å². The highest BCUT2D eigenvalue weighted by molar-refractivity contribution is 5.95. The molecule has 0 bridgehead atoms. The molecule has 0 atom stereocenters. The Hall–Kier alpha value is -3.41. The second-order valence-corrected chi connectivity index (χ2v) is 6.23. The first-order valence-electron chi connectivity index (χ1n) is 8.60. The lowest BCUT2D eigenvalue weighted by molar-refractivity contribution is 0.0943. The molecule has 6 heteroatoms. The third-order valence-corrected chi connectivity index (χ3v) is 3.75. The van der Waals surface area contributed by atoms with E-state index in [1.54, 1.807) is 31.4 Å². The van der Waals surface area contributed by atoms with Gasteiger partial charge in [-0.2, -0.15) is 0 Å². The van der Waals surface area contributed by atoms with Gasteiger partial charge in [-0.3, -0.25) is 4.79 Å². The standard InChI is InChI=1S/C21H21N3O3/c1-14(2)24-21(25)16-7-4-6-15(10-16)19-12-20(23-13-22-19)27-18-9-5-8-17(11-18)26-3/h4-14H,1-3H3,(H,24,25). The molecule has 138 valence electrons. The van der Waals surface area contributed by atoms with Gasteiger partial charge in [0.15, 0.2) is 0 Å². The summed E-state index contributed by atoms with van der Waals surface area (Å²) in [4.78, 5) is 20.7. The molecule has 0 fully saturated rings. The molecule has 3 rings (SSSR count). The van der Waals surface area contributed by atoms with Crippen LogP contribution < -0.4 is 14.8 Å². The van der Waals surface area contributed by atoms with E-state index in [2.05, 4.69) is 15.3 Å². The third-order valence-electron chi connectivity index (χ3n) is 3.75. The molecule has 3 aromatic rings. The molecule has 2 aromatic carbocycles. The maximum atomic E-state index is 12.2. The molecule has 1 N–H and O–H groups in total. The van der Waals surface area contributed by atoms with Crippen LogP contribution >= 0.6 is 0 Å². The van der Waals surface area contributed by atoms with Crippen molar-refractivity contribution in [2.45, 2.75) is 19.9 Å². The second-order valence-electron chi connectivity index (χ2n) is 6.23. The smallest absolute Gasteiger partial charge is 0.251 e. The number of carbonyl (C=O) groups excluding carboxylic acids is 1. The van der Waals surface area contributed by atoms with E-state index < -0.39 is 0 Å². The van der Waals surface area contributed by atoms with Crippen molar-refractivity contribution in [1.82, 2.24) is 15.3 Å². The molecular formula is C21H21N3O3. The molecule has 0 spiro atoms. The molecule has 0 radical (unpaired) electrons. The maximum absolute atomic E-state index is 12.2. The van der Waals surface area contributed by atoms with Crippen molar-refractivity contribution in [3.8, 4) is 28.6 Å². The Morgan fingerprint density at radius 3 is 2.56 bits per heavy atom. The van der Waals surface area contributed by atoms with Crippen LogP contribution in [0.3, 0.4) is 0 Å². The summed E-state index contributed by atoms with van der Waals surface area (Å²) in [5.74, 6) is 1.61. The van der Waals surface area contributed by atoms with Crippen molar-refractivity contribution in [3.63, 3.8) is 0 Å². The van der Waals surface area contributed by atoms with Gasteiger partial charge in [-0.25, -0.2) is 9.97 Å². The SMILES string of the molecule is COc1cccc(Oc2cc(-c3cccc(C(=O)NC(C)C)c3)ncn2)c1. The van der Waals surface area contributed by atoms with Crippen molar-refractivity contribution < 1.29 is 14.3 Å². The number of rotatable bonds is 6. The Labute approximate surface area is 158 Å². The van der Waals surface area contributed by atoms with Crippen LogP contribution in [-0.4, -0.2) is 29.0 Å². The summed E-state index contributed by atoms with van der Waals surface area (Å²) < 4.78 is 11.0. The quantitative estimate of drug-likeness (QED) is 0.714. The van der Waals surface area contributed by atoms with Crippen LogP contribution in [0.5, 0.6) is 17.4 Å². The molecule has 0 saturated heterocycles. The minimum absolute atomic E-state index is 0.0723. The van der Waals surface area contributed by atoms with Gasteiger partial charge in [0.2, 0.25) is 5.88 Å². The van der Waals surface area contributed by atoms with Gasteiger partial charge in [0.25, 0.3) is 5.91 Å². The van der Waals surface area contributed by atoms with Crippen LogP contribution in [0.1, 0.15) is 24.2 Å². The van der Waals surface area contributed by atoms with Gasteiger partial charge < -0.3 is 14.8 Å². The van der Waals surface area contributed by atoms with E-state index in [4.69, 9.17) is 9.47 Å². The fourth-order valence-electron chi connectivity index (χ4n) is 2.50. The first kappa shape index (κ1) is 18.4. The number of ether oxygens (including phenoxy) is 2. The monoisotopic (exact) mass is 363 g/mol. The second kappa shape index (κ2) is 8.31. The average molecular weight is 363 g/mol. The average Bonchev–Trinajstić information content (AvgIpc) is 2.68. The van der Waals surface area contributed by atoms with Gasteiger partial charge in [0, 0.05) is 29.3 Å². The summed E-state index contributed by atoms with van der Waals surface area (Å²) in [6, 6.07) is 16.4. The number of benzene rings is 2. The maximum Gasteiger partial charge on any atom is 0.251 e. The summed E-state index contributed by atoms with van der Waals surface area (Å²) in [5.41, 5.74) is 2.06. The number of hydrogen-bond donors (Lipinski definition) is 1.